The van der Waals surface area contributed by atoms with Gasteiger partial charge >= 0.3 is 0 Å². The summed E-state index contributed by atoms with van der Waals surface area (Å²) in [6.07, 6.45) is 5.28. The second kappa shape index (κ2) is 3.95. The van der Waals surface area contributed by atoms with Crippen LogP contribution in [0.1, 0.15) is 25.7 Å². The Morgan fingerprint density at radius 1 is 1.23 bits per heavy atom. The fraction of sp³-hybridized carbons (Fsp3) is 1.00. The van der Waals surface area contributed by atoms with E-state index < -0.39 is 0 Å². The third-order valence-electron chi connectivity index (χ3n) is 3.26. The van der Waals surface area contributed by atoms with Crippen molar-refractivity contribution in [2.45, 2.75) is 31.2 Å². The molecule has 0 spiro atoms. The molecule has 0 aromatic rings. The maximum Gasteiger partial charge on any atom is 0.0421 e. The number of nitrogens with one attached hydrogen (secondary N) is 1. The van der Waals surface area contributed by atoms with Crippen molar-refractivity contribution in [3.05, 3.63) is 0 Å². The molecule has 0 aromatic heterocycles. The largest absolute Gasteiger partial charge is 0.323 e. The van der Waals surface area contributed by atoms with Gasteiger partial charge in [0.25, 0.3) is 0 Å². The maximum absolute atomic E-state index is 6.29. The Morgan fingerprint density at radius 2 is 2.00 bits per heavy atom. The van der Waals surface area contributed by atoms with E-state index in [0.717, 1.165) is 26.1 Å². The fourth-order valence-corrected chi connectivity index (χ4v) is 2.46. The first kappa shape index (κ1) is 9.44. The molecule has 76 valence electrons. The van der Waals surface area contributed by atoms with Crippen LogP contribution >= 0.6 is 0 Å². The molecule has 0 aliphatic carbocycles. The number of hydrogen-bond donors (Lipinski definition) is 2. The van der Waals surface area contributed by atoms with Gasteiger partial charge in [-0.3, -0.25) is 0 Å². The molecule has 2 heterocycles. The van der Waals surface area contributed by atoms with Crippen molar-refractivity contribution in [2.75, 3.05) is 32.7 Å². The van der Waals surface area contributed by atoms with E-state index in [-0.39, 0.29) is 5.54 Å². The van der Waals surface area contributed by atoms with E-state index in [1.807, 2.05) is 0 Å². The Bertz CT molecular complexity index is 158. The van der Waals surface area contributed by atoms with E-state index >= 15 is 0 Å². The summed E-state index contributed by atoms with van der Waals surface area (Å²) in [6.45, 7) is 5.73. The van der Waals surface area contributed by atoms with Gasteiger partial charge in [-0.15, -0.1) is 0 Å². The van der Waals surface area contributed by atoms with Gasteiger partial charge in [-0.1, -0.05) is 6.42 Å². The fourth-order valence-electron chi connectivity index (χ4n) is 2.46. The van der Waals surface area contributed by atoms with Crippen LogP contribution in [-0.2, 0) is 0 Å². The lowest BCUT2D eigenvalue weighted by Crippen LogP contribution is -2.52. The summed E-state index contributed by atoms with van der Waals surface area (Å²) in [5.74, 6) is 0. The first-order chi connectivity index (χ1) is 6.29. The molecule has 0 saturated carbocycles. The lowest BCUT2D eigenvalue weighted by molar-refractivity contribution is 0.184. The number of nitrogens with two attached hydrogens (primary N) is 1. The molecule has 13 heavy (non-hydrogen) atoms. The Hall–Kier alpha value is -0.120. The summed E-state index contributed by atoms with van der Waals surface area (Å²) < 4.78 is 0. The van der Waals surface area contributed by atoms with Crippen LogP contribution in [0.2, 0.25) is 0 Å². The summed E-state index contributed by atoms with van der Waals surface area (Å²) in [5, 5.41) is 3.35. The zero-order valence-electron chi connectivity index (χ0n) is 8.39. The highest BCUT2D eigenvalue weighted by Crippen LogP contribution is 2.16. The van der Waals surface area contributed by atoms with E-state index in [0.29, 0.717) is 0 Å². The van der Waals surface area contributed by atoms with Gasteiger partial charge in [0, 0.05) is 18.6 Å². The smallest absolute Gasteiger partial charge is 0.0421 e. The van der Waals surface area contributed by atoms with Gasteiger partial charge in [-0.2, -0.15) is 0 Å². The van der Waals surface area contributed by atoms with Gasteiger partial charge in [0.05, 0.1) is 0 Å². The third-order valence-corrected chi connectivity index (χ3v) is 3.26. The highest BCUT2D eigenvalue weighted by atomic mass is 15.2. The van der Waals surface area contributed by atoms with E-state index in [1.54, 1.807) is 0 Å². The molecule has 2 aliphatic heterocycles. The minimum absolute atomic E-state index is 0.0668. The standard InChI is InChI=1S/C10H21N3/c11-10(4-5-12-8-10)9-13-6-2-1-3-7-13/h12H,1-9,11H2. The van der Waals surface area contributed by atoms with Crippen molar-refractivity contribution in [1.82, 2.24) is 10.2 Å². The zero-order chi connectivity index (χ0) is 9.15. The van der Waals surface area contributed by atoms with E-state index in [9.17, 15) is 0 Å². The summed E-state index contributed by atoms with van der Waals surface area (Å²) >= 11 is 0. The van der Waals surface area contributed by atoms with Crippen LogP contribution in [0.3, 0.4) is 0 Å². The molecule has 2 aliphatic rings. The van der Waals surface area contributed by atoms with Gasteiger partial charge in [0.15, 0.2) is 0 Å². The van der Waals surface area contributed by atoms with Crippen molar-refractivity contribution >= 4 is 0 Å². The monoisotopic (exact) mass is 183 g/mol. The molecule has 0 amide bonds. The second-order valence-electron chi connectivity index (χ2n) is 4.63. The minimum atomic E-state index is 0.0668. The van der Waals surface area contributed by atoms with Crippen LogP contribution in [0.5, 0.6) is 0 Å². The molecule has 2 fully saturated rings. The van der Waals surface area contributed by atoms with Gasteiger partial charge in [0.2, 0.25) is 0 Å². The lowest BCUT2D eigenvalue weighted by Gasteiger charge is -2.34. The van der Waals surface area contributed by atoms with Gasteiger partial charge in [-0.05, 0) is 38.9 Å². The molecular formula is C10H21N3. The number of rotatable bonds is 2. The van der Waals surface area contributed by atoms with Crippen molar-refractivity contribution in [2.24, 2.45) is 5.73 Å². The molecule has 0 aromatic carbocycles. The number of piperidine rings is 1. The van der Waals surface area contributed by atoms with E-state index in [2.05, 4.69) is 10.2 Å². The quantitative estimate of drug-likeness (QED) is 0.641. The Morgan fingerprint density at radius 3 is 2.62 bits per heavy atom. The summed E-state index contributed by atoms with van der Waals surface area (Å²) in [5.41, 5.74) is 6.35. The number of likely N-dealkylation sites (tertiary alicyclic amines) is 1. The van der Waals surface area contributed by atoms with E-state index in [1.165, 1.54) is 32.4 Å². The summed E-state index contributed by atoms with van der Waals surface area (Å²) in [4.78, 5) is 2.54. The second-order valence-corrected chi connectivity index (χ2v) is 4.63. The summed E-state index contributed by atoms with van der Waals surface area (Å²) in [7, 11) is 0. The molecule has 2 rings (SSSR count). The molecule has 2 saturated heterocycles. The third kappa shape index (κ3) is 2.42. The Labute approximate surface area is 80.7 Å². The molecule has 0 radical (unpaired) electrons. The Balaban J connectivity index is 1.81. The minimum Gasteiger partial charge on any atom is -0.323 e. The predicted molar refractivity (Wildman–Crippen MR) is 54.7 cm³/mol. The van der Waals surface area contributed by atoms with Crippen molar-refractivity contribution < 1.29 is 0 Å². The highest BCUT2D eigenvalue weighted by Gasteiger charge is 2.31. The van der Waals surface area contributed by atoms with Crippen LogP contribution in [0.4, 0.5) is 0 Å². The van der Waals surface area contributed by atoms with Gasteiger partial charge in [0.1, 0.15) is 0 Å². The highest BCUT2D eigenvalue weighted by molar-refractivity contribution is 4.95. The SMILES string of the molecule is NC1(CN2CCCCC2)CCNC1. The molecule has 1 atom stereocenters. The van der Waals surface area contributed by atoms with E-state index in [4.69, 9.17) is 5.73 Å². The van der Waals surface area contributed by atoms with Crippen LogP contribution in [-0.4, -0.2) is 43.2 Å². The molecule has 1 unspecified atom stereocenters. The number of nitrogens with zero attached hydrogens (tertiary/aromatic N) is 1. The molecule has 3 N–H and O–H groups in total. The first-order valence-corrected chi connectivity index (χ1v) is 5.51. The molecule has 3 nitrogen and oxygen atoms in total. The number of hydrogen-bond acceptors (Lipinski definition) is 3. The molecular weight excluding hydrogens is 162 g/mol. The average Bonchev–Trinajstić information content (AvgIpc) is 2.54. The Kier molecular flexibility index (Phi) is 2.86. The van der Waals surface area contributed by atoms with Crippen LogP contribution < -0.4 is 11.1 Å². The van der Waals surface area contributed by atoms with Gasteiger partial charge in [-0.25, -0.2) is 0 Å². The van der Waals surface area contributed by atoms with Crippen molar-refractivity contribution in [3.8, 4) is 0 Å². The summed E-state index contributed by atoms with van der Waals surface area (Å²) in [6, 6.07) is 0. The molecule has 0 bridgehead atoms. The van der Waals surface area contributed by atoms with Crippen LogP contribution in [0, 0.1) is 0 Å². The predicted octanol–water partition coefficient (Wildman–Crippen LogP) is 0.163. The maximum atomic E-state index is 6.29. The topological polar surface area (TPSA) is 41.3 Å². The normalized spacial score (nSPS) is 36.7. The first-order valence-electron chi connectivity index (χ1n) is 5.51. The van der Waals surface area contributed by atoms with Crippen LogP contribution in [0.15, 0.2) is 0 Å². The lowest BCUT2D eigenvalue weighted by atomic mass is 9.98. The molecule has 3 heteroatoms. The van der Waals surface area contributed by atoms with Gasteiger partial charge < -0.3 is 16.0 Å². The zero-order valence-corrected chi connectivity index (χ0v) is 8.39. The average molecular weight is 183 g/mol. The van der Waals surface area contributed by atoms with Crippen LogP contribution in [0.25, 0.3) is 0 Å². The van der Waals surface area contributed by atoms with Crippen molar-refractivity contribution in [1.29, 1.82) is 0 Å². The van der Waals surface area contributed by atoms with Crippen molar-refractivity contribution in [3.63, 3.8) is 0 Å².